The van der Waals surface area contributed by atoms with Crippen LogP contribution in [0.2, 0.25) is 0 Å². The maximum Gasteiger partial charge on any atom is 0.336 e. The Bertz CT molecular complexity index is 403. The maximum absolute atomic E-state index is 10.9. The molecule has 14 heavy (non-hydrogen) atoms. The number of aromatic carboxylic acids is 1. The first-order valence-electron chi connectivity index (χ1n) is 4.41. The van der Waals surface area contributed by atoms with Gasteiger partial charge >= 0.3 is 5.97 Å². The number of carboxylic acid groups (broad SMARTS) is 1. The van der Waals surface area contributed by atoms with Crippen LogP contribution < -0.4 is 5.73 Å². The lowest BCUT2D eigenvalue weighted by atomic mass is 10.0. The predicted molar refractivity (Wildman–Crippen MR) is 61.4 cm³/mol. The lowest BCUT2D eigenvalue weighted by molar-refractivity contribution is 0.0695. The van der Waals surface area contributed by atoms with Crippen LogP contribution in [-0.2, 0) is 6.42 Å². The predicted octanol–water partition coefficient (Wildman–Crippen LogP) is 1.94. The Labute approximate surface area is 95.4 Å². The smallest absolute Gasteiger partial charge is 0.336 e. The van der Waals surface area contributed by atoms with E-state index in [-0.39, 0.29) is 6.04 Å². The molecular weight excluding hydrogens is 293 g/mol. The van der Waals surface area contributed by atoms with Gasteiger partial charge in [-0.3, -0.25) is 0 Å². The number of carbonyl (C=O) groups is 1. The van der Waals surface area contributed by atoms with Crippen LogP contribution in [0.25, 0.3) is 0 Å². The molecule has 4 heteroatoms. The fraction of sp³-hybridized carbons (Fsp3) is 0.300. The van der Waals surface area contributed by atoms with E-state index in [9.17, 15) is 4.79 Å². The summed E-state index contributed by atoms with van der Waals surface area (Å²) in [6, 6.07) is 3.67. The summed E-state index contributed by atoms with van der Waals surface area (Å²) in [5.74, 6) is -0.878. The Morgan fingerprint density at radius 3 is 2.93 bits per heavy atom. The number of rotatable bonds is 1. The number of aryl methyl sites for hydroxylation is 1. The van der Waals surface area contributed by atoms with Gasteiger partial charge < -0.3 is 10.8 Å². The molecule has 1 aliphatic carbocycles. The Balaban J connectivity index is 2.57. The third kappa shape index (κ3) is 1.52. The van der Waals surface area contributed by atoms with E-state index in [4.69, 9.17) is 10.8 Å². The first kappa shape index (κ1) is 9.92. The largest absolute Gasteiger partial charge is 0.478 e. The average molecular weight is 303 g/mol. The molecule has 1 aromatic carbocycles. The van der Waals surface area contributed by atoms with Gasteiger partial charge in [0.25, 0.3) is 0 Å². The van der Waals surface area contributed by atoms with E-state index in [0.29, 0.717) is 5.56 Å². The highest BCUT2D eigenvalue weighted by molar-refractivity contribution is 14.1. The summed E-state index contributed by atoms with van der Waals surface area (Å²) < 4.78 is 0.794. The van der Waals surface area contributed by atoms with E-state index in [1.807, 2.05) is 6.07 Å². The van der Waals surface area contributed by atoms with E-state index in [2.05, 4.69) is 22.6 Å². The first-order chi connectivity index (χ1) is 6.59. The third-order valence-electron chi connectivity index (χ3n) is 2.58. The van der Waals surface area contributed by atoms with Gasteiger partial charge in [0, 0.05) is 9.61 Å². The summed E-state index contributed by atoms with van der Waals surface area (Å²) in [4.78, 5) is 10.9. The van der Waals surface area contributed by atoms with Gasteiger partial charge in [-0.2, -0.15) is 0 Å². The second-order valence-electron chi connectivity index (χ2n) is 3.48. The number of halogens is 1. The number of hydrogen-bond donors (Lipinski definition) is 2. The Morgan fingerprint density at radius 1 is 1.57 bits per heavy atom. The van der Waals surface area contributed by atoms with Crippen LogP contribution >= 0.6 is 22.6 Å². The second kappa shape index (κ2) is 3.51. The molecule has 1 aromatic rings. The molecule has 0 heterocycles. The molecular formula is C10H10INO2. The van der Waals surface area contributed by atoms with Crippen molar-refractivity contribution in [2.75, 3.05) is 0 Å². The number of hydrogen-bond acceptors (Lipinski definition) is 2. The summed E-state index contributed by atoms with van der Waals surface area (Å²) in [5.41, 5.74) is 8.44. The zero-order valence-electron chi connectivity index (χ0n) is 7.46. The van der Waals surface area contributed by atoms with Gasteiger partial charge in [-0.25, -0.2) is 4.79 Å². The van der Waals surface area contributed by atoms with Crippen LogP contribution in [-0.4, -0.2) is 11.1 Å². The first-order valence-corrected chi connectivity index (χ1v) is 5.48. The minimum Gasteiger partial charge on any atom is -0.478 e. The molecule has 0 saturated carbocycles. The van der Waals surface area contributed by atoms with Crippen molar-refractivity contribution in [3.63, 3.8) is 0 Å². The van der Waals surface area contributed by atoms with Gasteiger partial charge in [0.15, 0.2) is 0 Å². The monoisotopic (exact) mass is 303 g/mol. The van der Waals surface area contributed by atoms with Crippen molar-refractivity contribution in [3.8, 4) is 0 Å². The molecule has 0 radical (unpaired) electrons. The molecule has 0 bridgehead atoms. The fourth-order valence-electron chi connectivity index (χ4n) is 1.82. The summed E-state index contributed by atoms with van der Waals surface area (Å²) in [7, 11) is 0. The lowest BCUT2D eigenvalue weighted by Crippen LogP contribution is -2.08. The highest BCUT2D eigenvalue weighted by atomic mass is 127. The topological polar surface area (TPSA) is 63.3 Å². The Morgan fingerprint density at radius 2 is 2.29 bits per heavy atom. The average Bonchev–Trinajstić information content (AvgIpc) is 2.46. The molecule has 3 N–H and O–H groups in total. The minimum absolute atomic E-state index is 0.0140. The Kier molecular flexibility index (Phi) is 2.48. The van der Waals surface area contributed by atoms with Crippen molar-refractivity contribution >= 4 is 28.6 Å². The normalized spacial score (nSPS) is 19.4. The Hall–Kier alpha value is -0.620. The highest BCUT2D eigenvalue weighted by Gasteiger charge is 2.22. The molecule has 1 aliphatic rings. The van der Waals surface area contributed by atoms with Crippen LogP contribution in [0.5, 0.6) is 0 Å². The number of nitrogens with two attached hydrogens (primary N) is 1. The van der Waals surface area contributed by atoms with E-state index >= 15 is 0 Å². The van der Waals surface area contributed by atoms with Crippen LogP contribution in [0.1, 0.15) is 33.9 Å². The van der Waals surface area contributed by atoms with Gasteiger partial charge in [-0.1, -0.05) is 0 Å². The minimum atomic E-state index is -0.878. The summed E-state index contributed by atoms with van der Waals surface area (Å²) in [5, 5.41) is 8.94. The molecule has 1 atom stereocenters. The molecule has 0 aromatic heterocycles. The molecule has 0 aliphatic heterocycles. The summed E-state index contributed by atoms with van der Waals surface area (Å²) in [6.45, 7) is 0. The van der Waals surface area contributed by atoms with Gasteiger partial charge in [0.2, 0.25) is 0 Å². The molecule has 1 unspecified atom stereocenters. The quantitative estimate of drug-likeness (QED) is 0.779. The van der Waals surface area contributed by atoms with Crippen molar-refractivity contribution in [2.24, 2.45) is 5.73 Å². The third-order valence-corrected chi connectivity index (χ3v) is 3.48. The molecule has 0 spiro atoms. The van der Waals surface area contributed by atoms with Gasteiger partial charge in [0.05, 0.1) is 5.56 Å². The highest BCUT2D eigenvalue weighted by Crippen LogP contribution is 2.32. The fourth-order valence-corrected chi connectivity index (χ4v) is 2.59. The van der Waals surface area contributed by atoms with E-state index < -0.39 is 5.97 Å². The van der Waals surface area contributed by atoms with Crippen molar-refractivity contribution in [1.29, 1.82) is 0 Å². The van der Waals surface area contributed by atoms with Crippen LogP contribution in [0.15, 0.2) is 12.1 Å². The van der Waals surface area contributed by atoms with Crippen LogP contribution in [0, 0.1) is 3.57 Å². The van der Waals surface area contributed by atoms with Crippen molar-refractivity contribution in [1.82, 2.24) is 0 Å². The van der Waals surface area contributed by atoms with E-state index in [0.717, 1.165) is 22.0 Å². The summed E-state index contributed by atoms with van der Waals surface area (Å²) in [6.07, 6.45) is 1.89. The molecule has 0 fully saturated rings. The van der Waals surface area contributed by atoms with Crippen molar-refractivity contribution < 1.29 is 9.90 Å². The van der Waals surface area contributed by atoms with E-state index in [1.54, 1.807) is 6.07 Å². The van der Waals surface area contributed by atoms with Crippen LogP contribution in [0.4, 0.5) is 0 Å². The SMILES string of the molecule is NC1CCc2cc(I)c(C(=O)O)cc21. The number of benzene rings is 1. The second-order valence-corrected chi connectivity index (χ2v) is 4.64. The molecule has 74 valence electrons. The van der Waals surface area contributed by atoms with Crippen LogP contribution in [0.3, 0.4) is 0 Å². The molecule has 0 amide bonds. The van der Waals surface area contributed by atoms with Crippen molar-refractivity contribution in [3.05, 3.63) is 32.4 Å². The van der Waals surface area contributed by atoms with Gasteiger partial charge in [-0.15, -0.1) is 0 Å². The number of carboxylic acids is 1. The van der Waals surface area contributed by atoms with Crippen molar-refractivity contribution in [2.45, 2.75) is 18.9 Å². The zero-order valence-corrected chi connectivity index (χ0v) is 9.61. The zero-order chi connectivity index (χ0) is 10.3. The molecule has 2 rings (SSSR count). The number of fused-ring (bicyclic) bond motifs is 1. The lowest BCUT2D eigenvalue weighted by Gasteiger charge is -2.07. The van der Waals surface area contributed by atoms with Gasteiger partial charge in [-0.05, 0) is 58.7 Å². The molecule has 0 saturated heterocycles. The summed E-state index contributed by atoms with van der Waals surface area (Å²) >= 11 is 2.05. The van der Waals surface area contributed by atoms with E-state index in [1.165, 1.54) is 5.56 Å². The van der Waals surface area contributed by atoms with Gasteiger partial charge in [0.1, 0.15) is 0 Å². The maximum atomic E-state index is 10.9. The standard InChI is InChI=1S/C10H10INO2/c11-8-3-5-1-2-9(12)6(5)4-7(8)10(13)14/h3-4,9H,1-2,12H2,(H,13,14). The molecule has 3 nitrogen and oxygen atoms in total.